The van der Waals surface area contributed by atoms with Crippen molar-refractivity contribution in [3.8, 4) is 0 Å². The summed E-state index contributed by atoms with van der Waals surface area (Å²) in [5, 5.41) is 0. The van der Waals surface area contributed by atoms with E-state index < -0.39 is 0 Å². The van der Waals surface area contributed by atoms with Crippen molar-refractivity contribution in [2.45, 2.75) is 39.0 Å². The molecule has 0 saturated carbocycles. The fraction of sp³-hybridized carbons (Fsp3) is 0.400. The molecule has 2 N–H and O–H groups in total. The van der Waals surface area contributed by atoms with Gasteiger partial charge in [-0.2, -0.15) is 0 Å². The second kappa shape index (κ2) is 4.61. The zero-order valence-corrected chi connectivity index (χ0v) is 11.3. The van der Waals surface area contributed by atoms with E-state index in [9.17, 15) is 0 Å². The molecule has 1 aliphatic carbocycles. The molecule has 4 nitrogen and oxygen atoms in total. The molecule has 3 rings (SSSR count). The molecule has 19 heavy (non-hydrogen) atoms. The molecule has 0 bridgehead atoms. The van der Waals surface area contributed by atoms with Crippen molar-refractivity contribution in [1.29, 1.82) is 0 Å². The van der Waals surface area contributed by atoms with E-state index in [2.05, 4.69) is 21.0 Å². The number of anilines is 1. The SMILES string of the molecule is Cc1nc(N)c(C)c(C2CCCc3cccnc32)n1. The molecule has 4 heteroatoms. The molecule has 98 valence electrons. The Bertz CT molecular complexity index is 622. The summed E-state index contributed by atoms with van der Waals surface area (Å²) in [5.41, 5.74) is 10.5. The third-order valence-corrected chi connectivity index (χ3v) is 3.86. The highest BCUT2D eigenvalue weighted by atomic mass is 15.0. The average molecular weight is 254 g/mol. The first kappa shape index (κ1) is 12.1. The second-order valence-electron chi connectivity index (χ2n) is 5.16. The molecule has 1 unspecified atom stereocenters. The maximum absolute atomic E-state index is 5.98. The summed E-state index contributed by atoms with van der Waals surface area (Å²) >= 11 is 0. The number of fused-ring (bicyclic) bond motifs is 1. The van der Waals surface area contributed by atoms with Gasteiger partial charge in [-0.3, -0.25) is 4.98 Å². The van der Waals surface area contributed by atoms with E-state index in [-0.39, 0.29) is 5.92 Å². The Kier molecular flexibility index (Phi) is 2.93. The Labute approximate surface area is 113 Å². The molecule has 1 aliphatic rings. The Morgan fingerprint density at radius 3 is 2.89 bits per heavy atom. The lowest BCUT2D eigenvalue weighted by atomic mass is 9.83. The van der Waals surface area contributed by atoms with Gasteiger partial charge >= 0.3 is 0 Å². The molecule has 0 aromatic carbocycles. The highest BCUT2D eigenvalue weighted by Crippen LogP contribution is 2.36. The van der Waals surface area contributed by atoms with E-state index in [1.807, 2.05) is 26.1 Å². The van der Waals surface area contributed by atoms with Crippen molar-refractivity contribution in [3.63, 3.8) is 0 Å². The number of nitrogen functional groups attached to an aromatic ring is 1. The van der Waals surface area contributed by atoms with Gasteiger partial charge in [-0.25, -0.2) is 9.97 Å². The van der Waals surface area contributed by atoms with Gasteiger partial charge in [0.25, 0.3) is 0 Å². The Morgan fingerprint density at radius 1 is 1.21 bits per heavy atom. The molecular formula is C15H18N4. The van der Waals surface area contributed by atoms with Crippen molar-refractivity contribution in [3.05, 3.63) is 46.7 Å². The molecule has 2 aromatic rings. The normalized spacial score (nSPS) is 18.1. The minimum Gasteiger partial charge on any atom is -0.383 e. The number of aromatic nitrogens is 3. The number of pyridine rings is 1. The maximum atomic E-state index is 5.98. The lowest BCUT2D eigenvalue weighted by Gasteiger charge is -2.25. The first-order chi connectivity index (χ1) is 9.16. The summed E-state index contributed by atoms with van der Waals surface area (Å²) in [6.45, 7) is 3.89. The van der Waals surface area contributed by atoms with Crippen LogP contribution in [0.25, 0.3) is 0 Å². The van der Waals surface area contributed by atoms with Gasteiger partial charge in [-0.05, 0) is 44.7 Å². The Hall–Kier alpha value is -1.97. The summed E-state index contributed by atoms with van der Waals surface area (Å²) in [6.07, 6.45) is 5.23. The highest BCUT2D eigenvalue weighted by molar-refractivity contribution is 5.45. The smallest absolute Gasteiger partial charge is 0.130 e. The van der Waals surface area contributed by atoms with E-state index >= 15 is 0 Å². The number of rotatable bonds is 1. The zero-order chi connectivity index (χ0) is 13.4. The summed E-state index contributed by atoms with van der Waals surface area (Å²) in [6, 6.07) is 4.18. The van der Waals surface area contributed by atoms with Crippen LogP contribution in [0.5, 0.6) is 0 Å². The fourth-order valence-corrected chi connectivity index (χ4v) is 2.89. The fourth-order valence-electron chi connectivity index (χ4n) is 2.89. The monoisotopic (exact) mass is 254 g/mol. The van der Waals surface area contributed by atoms with Crippen LogP contribution in [0.3, 0.4) is 0 Å². The largest absolute Gasteiger partial charge is 0.383 e. The number of aryl methyl sites for hydroxylation is 2. The maximum Gasteiger partial charge on any atom is 0.130 e. The second-order valence-corrected chi connectivity index (χ2v) is 5.16. The summed E-state index contributed by atoms with van der Waals surface area (Å²) in [7, 11) is 0. The van der Waals surface area contributed by atoms with Gasteiger partial charge in [0.1, 0.15) is 11.6 Å². The number of nitrogens with zero attached hydrogens (tertiary/aromatic N) is 3. The van der Waals surface area contributed by atoms with E-state index in [1.165, 1.54) is 12.0 Å². The van der Waals surface area contributed by atoms with E-state index in [1.54, 1.807) is 0 Å². The molecule has 2 heterocycles. The number of nitrogens with two attached hydrogens (primary N) is 1. The lowest BCUT2D eigenvalue weighted by molar-refractivity contribution is 0.582. The van der Waals surface area contributed by atoms with Crippen LogP contribution in [-0.4, -0.2) is 15.0 Å². The topological polar surface area (TPSA) is 64.7 Å². The van der Waals surface area contributed by atoms with E-state index in [0.717, 1.165) is 35.6 Å². The molecule has 0 saturated heterocycles. The van der Waals surface area contributed by atoms with Crippen LogP contribution in [0.4, 0.5) is 5.82 Å². The van der Waals surface area contributed by atoms with Crippen LogP contribution >= 0.6 is 0 Å². The van der Waals surface area contributed by atoms with Crippen molar-refractivity contribution >= 4 is 5.82 Å². The molecule has 0 spiro atoms. The summed E-state index contributed by atoms with van der Waals surface area (Å²) < 4.78 is 0. The average Bonchev–Trinajstić information content (AvgIpc) is 2.42. The van der Waals surface area contributed by atoms with Crippen LogP contribution in [0.2, 0.25) is 0 Å². The highest BCUT2D eigenvalue weighted by Gasteiger charge is 2.26. The van der Waals surface area contributed by atoms with Crippen LogP contribution in [0.1, 0.15) is 47.1 Å². The van der Waals surface area contributed by atoms with Gasteiger partial charge in [0, 0.05) is 17.7 Å². The summed E-state index contributed by atoms with van der Waals surface area (Å²) in [4.78, 5) is 13.4. The van der Waals surface area contributed by atoms with Crippen molar-refractivity contribution in [1.82, 2.24) is 15.0 Å². The third kappa shape index (κ3) is 2.07. The number of hydrogen-bond acceptors (Lipinski definition) is 4. The van der Waals surface area contributed by atoms with E-state index in [4.69, 9.17) is 5.73 Å². The number of hydrogen-bond donors (Lipinski definition) is 1. The van der Waals surface area contributed by atoms with Gasteiger partial charge in [0.2, 0.25) is 0 Å². The Balaban J connectivity index is 2.14. The minimum absolute atomic E-state index is 0.258. The Morgan fingerprint density at radius 2 is 2.05 bits per heavy atom. The quantitative estimate of drug-likeness (QED) is 0.849. The zero-order valence-electron chi connectivity index (χ0n) is 11.3. The summed E-state index contributed by atoms with van der Waals surface area (Å²) in [5.74, 6) is 1.58. The molecule has 1 atom stereocenters. The van der Waals surface area contributed by atoms with Crippen LogP contribution in [-0.2, 0) is 6.42 Å². The van der Waals surface area contributed by atoms with Crippen LogP contribution in [0, 0.1) is 13.8 Å². The lowest BCUT2D eigenvalue weighted by Crippen LogP contribution is -2.17. The predicted molar refractivity (Wildman–Crippen MR) is 74.9 cm³/mol. The van der Waals surface area contributed by atoms with Crippen LogP contribution in [0.15, 0.2) is 18.3 Å². The van der Waals surface area contributed by atoms with Crippen molar-refractivity contribution in [2.24, 2.45) is 0 Å². The molecule has 0 radical (unpaired) electrons. The van der Waals surface area contributed by atoms with Crippen LogP contribution < -0.4 is 5.73 Å². The molecule has 0 amide bonds. The molecular weight excluding hydrogens is 236 g/mol. The van der Waals surface area contributed by atoms with Gasteiger partial charge in [-0.1, -0.05) is 6.07 Å². The standard InChI is InChI=1S/C15H18N4/c1-9-13(18-10(2)19-15(9)16)12-7-3-5-11-6-4-8-17-14(11)12/h4,6,8,12H,3,5,7H2,1-2H3,(H2,16,18,19). The minimum atomic E-state index is 0.258. The van der Waals surface area contributed by atoms with Gasteiger partial charge in [0.05, 0.1) is 11.4 Å². The van der Waals surface area contributed by atoms with E-state index in [0.29, 0.717) is 5.82 Å². The third-order valence-electron chi connectivity index (χ3n) is 3.86. The predicted octanol–water partition coefficient (Wildman–Crippen LogP) is 2.54. The van der Waals surface area contributed by atoms with Crippen molar-refractivity contribution < 1.29 is 0 Å². The van der Waals surface area contributed by atoms with Gasteiger partial charge in [0.15, 0.2) is 0 Å². The first-order valence-electron chi connectivity index (χ1n) is 6.71. The molecule has 2 aromatic heterocycles. The first-order valence-corrected chi connectivity index (χ1v) is 6.71. The van der Waals surface area contributed by atoms with Gasteiger partial charge in [-0.15, -0.1) is 0 Å². The molecule has 0 fully saturated rings. The molecule has 0 aliphatic heterocycles. The van der Waals surface area contributed by atoms with Gasteiger partial charge < -0.3 is 5.73 Å². The van der Waals surface area contributed by atoms with Crippen molar-refractivity contribution in [2.75, 3.05) is 5.73 Å².